The van der Waals surface area contributed by atoms with Gasteiger partial charge in [-0.3, -0.25) is 9.78 Å². The number of carbonyl (C=O) groups excluding carboxylic acids is 1. The van der Waals surface area contributed by atoms with Crippen molar-refractivity contribution in [1.82, 2.24) is 9.88 Å². The van der Waals surface area contributed by atoms with Gasteiger partial charge >= 0.3 is 0 Å². The first-order chi connectivity index (χ1) is 9.61. The number of rotatable bonds is 4. The second kappa shape index (κ2) is 6.30. The highest BCUT2D eigenvalue weighted by Crippen LogP contribution is 2.21. The first-order valence-electron chi connectivity index (χ1n) is 6.58. The highest BCUT2D eigenvalue weighted by atomic mass is 16.2. The minimum Gasteiger partial charge on any atom is -0.337 e. The molecule has 2 rings (SSSR count). The average molecular weight is 269 g/mol. The van der Waals surface area contributed by atoms with E-state index in [1.807, 2.05) is 49.4 Å². The molecule has 1 heterocycles. The fraction of sp³-hybridized carbons (Fsp3) is 0.250. The first-order valence-corrected chi connectivity index (χ1v) is 6.58. The lowest BCUT2D eigenvalue weighted by Crippen LogP contribution is -2.37. The summed E-state index contributed by atoms with van der Waals surface area (Å²) in [7, 11) is 1.77. The third-order valence-corrected chi connectivity index (χ3v) is 3.54. The molecule has 0 radical (unpaired) electrons. The second-order valence-corrected chi connectivity index (χ2v) is 4.79. The van der Waals surface area contributed by atoms with Gasteiger partial charge in [0.1, 0.15) is 6.04 Å². The van der Waals surface area contributed by atoms with Crippen LogP contribution >= 0.6 is 0 Å². The van der Waals surface area contributed by atoms with Crippen LogP contribution in [-0.4, -0.2) is 22.8 Å². The molecule has 0 fully saturated rings. The van der Waals surface area contributed by atoms with Crippen molar-refractivity contribution in [3.05, 3.63) is 66.0 Å². The summed E-state index contributed by atoms with van der Waals surface area (Å²) >= 11 is 0. The summed E-state index contributed by atoms with van der Waals surface area (Å²) in [4.78, 5) is 18.1. The Hall–Kier alpha value is -2.20. The van der Waals surface area contributed by atoms with Crippen molar-refractivity contribution in [2.75, 3.05) is 7.05 Å². The molecular weight excluding hydrogens is 250 g/mol. The van der Waals surface area contributed by atoms with Gasteiger partial charge in [0.15, 0.2) is 0 Å². The molecule has 2 aromatic rings. The summed E-state index contributed by atoms with van der Waals surface area (Å²) < 4.78 is 0. The summed E-state index contributed by atoms with van der Waals surface area (Å²) in [5.74, 6) is -0.0967. The molecular formula is C16H19N3O. The zero-order valence-corrected chi connectivity index (χ0v) is 11.7. The van der Waals surface area contributed by atoms with Gasteiger partial charge in [0.05, 0.1) is 6.04 Å². The Kier molecular flexibility index (Phi) is 4.48. The van der Waals surface area contributed by atoms with Crippen LogP contribution in [0.2, 0.25) is 0 Å². The topological polar surface area (TPSA) is 59.2 Å². The van der Waals surface area contributed by atoms with Crippen LogP contribution in [0, 0.1) is 0 Å². The molecule has 1 unspecified atom stereocenters. The van der Waals surface area contributed by atoms with E-state index in [-0.39, 0.29) is 11.9 Å². The summed E-state index contributed by atoms with van der Waals surface area (Å²) in [5, 5.41) is 0. The highest BCUT2D eigenvalue weighted by Gasteiger charge is 2.23. The Morgan fingerprint density at radius 2 is 1.70 bits per heavy atom. The number of nitrogens with zero attached hydrogens (tertiary/aromatic N) is 2. The molecule has 0 spiro atoms. The number of hydrogen-bond donors (Lipinski definition) is 1. The standard InChI is InChI=1S/C16H19N3O/c1-12(13-8-10-18-11-9-13)19(2)16(20)15(17)14-6-4-3-5-7-14/h3-12,15H,17H2,1-2H3/t12?,15-/m1/s1. The second-order valence-electron chi connectivity index (χ2n) is 4.79. The largest absolute Gasteiger partial charge is 0.337 e. The third kappa shape index (κ3) is 3.03. The molecule has 4 nitrogen and oxygen atoms in total. The van der Waals surface area contributed by atoms with Gasteiger partial charge in [0.2, 0.25) is 5.91 Å². The van der Waals surface area contributed by atoms with Crippen LogP contribution in [0.25, 0.3) is 0 Å². The van der Waals surface area contributed by atoms with Gasteiger partial charge < -0.3 is 10.6 Å². The van der Waals surface area contributed by atoms with E-state index in [9.17, 15) is 4.79 Å². The van der Waals surface area contributed by atoms with E-state index in [2.05, 4.69) is 4.98 Å². The van der Waals surface area contributed by atoms with E-state index < -0.39 is 6.04 Å². The van der Waals surface area contributed by atoms with E-state index in [1.165, 1.54) is 0 Å². The van der Waals surface area contributed by atoms with Crippen LogP contribution in [0.4, 0.5) is 0 Å². The lowest BCUT2D eigenvalue weighted by molar-refractivity contribution is -0.133. The van der Waals surface area contributed by atoms with Gasteiger partial charge in [-0.25, -0.2) is 0 Å². The van der Waals surface area contributed by atoms with Crippen LogP contribution in [0.5, 0.6) is 0 Å². The van der Waals surface area contributed by atoms with Gasteiger partial charge in [-0.1, -0.05) is 30.3 Å². The summed E-state index contributed by atoms with van der Waals surface area (Å²) in [6.45, 7) is 1.98. The number of amides is 1. The van der Waals surface area contributed by atoms with E-state index >= 15 is 0 Å². The van der Waals surface area contributed by atoms with Crippen LogP contribution in [-0.2, 0) is 4.79 Å². The fourth-order valence-corrected chi connectivity index (χ4v) is 2.08. The van der Waals surface area contributed by atoms with E-state index in [1.54, 1.807) is 24.3 Å². The zero-order valence-electron chi connectivity index (χ0n) is 11.7. The van der Waals surface area contributed by atoms with Crippen LogP contribution in [0.3, 0.4) is 0 Å². The van der Waals surface area contributed by atoms with Gasteiger partial charge in [0.25, 0.3) is 0 Å². The molecule has 0 aliphatic rings. The molecule has 1 amide bonds. The number of likely N-dealkylation sites (N-methyl/N-ethyl adjacent to an activating group) is 1. The monoisotopic (exact) mass is 269 g/mol. The van der Waals surface area contributed by atoms with Crippen molar-refractivity contribution in [3.8, 4) is 0 Å². The Bertz CT molecular complexity index is 556. The fourth-order valence-electron chi connectivity index (χ4n) is 2.08. The van der Waals surface area contributed by atoms with Crippen molar-refractivity contribution in [2.24, 2.45) is 5.73 Å². The minimum absolute atomic E-state index is 0.0414. The lowest BCUT2D eigenvalue weighted by Gasteiger charge is -2.28. The van der Waals surface area contributed by atoms with Crippen molar-refractivity contribution in [2.45, 2.75) is 19.0 Å². The molecule has 4 heteroatoms. The molecule has 0 saturated carbocycles. The maximum atomic E-state index is 12.4. The number of nitrogens with two attached hydrogens (primary N) is 1. The van der Waals surface area contributed by atoms with Gasteiger partial charge in [-0.05, 0) is 30.2 Å². The van der Waals surface area contributed by atoms with Gasteiger partial charge in [-0.15, -0.1) is 0 Å². The molecule has 20 heavy (non-hydrogen) atoms. The Morgan fingerprint density at radius 1 is 1.10 bits per heavy atom. The number of aromatic nitrogens is 1. The lowest BCUT2D eigenvalue weighted by atomic mass is 10.0. The quantitative estimate of drug-likeness (QED) is 0.926. The molecule has 2 atom stereocenters. The van der Waals surface area contributed by atoms with Gasteiger partial charge in [-0.2, -0.15) is 0 Å². The predicted octanol–water partition coefficient (Wildman–Crippen LogP) is 2.30. The SMILES string of the molecule is CC(c1ccncc1)N(C)C(=O)[C@H](N)c1ccccc1. The molecule has 0 aliphatic heterocycles. The molecule has 0 bridgehead atoms. The first kappa shape index (κ1) is 14.2. The number of hydrogen-bond acceptors (Lipinski definition) is 3. The molecule has 2 N–H and O–H groups in total. The summed E-state index contributed by atoms with van der Waals surface area (Å²) in [5.41, 5.74) is 7.92. The van der Waals surface area contributed by atoms with Crippen molar-refractivity contribution in [1.29, 1.82) is 0 Å². The highest BCUT2D eigenvalue weighted by molar-refractivity contribution is 5.83. The van der Waals surface area contributed by atoms with E-state index in [4.69, 9.17) is 5.73 Å². The summed E-state index contributed by atoms with van der Waals surface area (Å²) in [6.07, 6.45) is 3.45. The molecule has 0 saturated heterocycles. The summed E-state index contributed by atoms with van der Waals surface area (Å²) in [6, 6.07) is 12.5. The van der Waals surface area contributed by atoms with E-state index in [0.717, 1.165) is 11.1 Å². The zero-order chi connectivity index (χ0) is 14.5. The van der Waals surface area contributed by atoms with Crippen molar-refractivity contribution >= 4 is 5.91 Å². The Morgan fingerprint density at radius 3 is 2.30 bits per heavy atom. The van der Waals surface area contributed by atoms with Crippen LogP contribution < -0.4 is 5.73 Å². The average Bonchev–Trinajstić information content (AvgIpc) is 2.53. The number of pyridine rings is 1. The third-order valence-electron chi connectivity index (χ3n) is 3.54. The molecule has 1 aromatic carbocycles. The normalized spacial score (nSPS) is 13.6. The maximum absolute atomic E-state index is 12.4. The smallest absolute Gasteiger partial charge is 0.244 e. The van der Waals surface area contributed by atoms with Crippen molar-refractivity contribution < 1.29 is 4.79 Å². The number of carbonyl (C=O) groups is 1. The molecule has 1 aromatic heterocycles. The van der Waals surface area contributed by atoms with Crippen LogP contribution in [0.15, 0.2) is 54.9 Å². The van der Waals surface area contributed by atoms with Crippen molar-refractivity contribution in [3.63, 3.8) is 0 Å². The maximum Gasteiger partial charge on any atom is 0.244 e. The Labute approximate surface area is 119 Å². The Balaban J connectivity index is 2.13. The molecule has 104 valence electrons. The van der Waals surface area contributed by atoms with Crippen LogP contribution in [0.1, 0.15) is 30.1 Å². The molecule has 0 aliphatic carbocycles. The minimum atomic E-state index is -0.634. The predicted molar refractivity (Wildman–Crippen MR) is 78.8 cm³/mol. The van der Waals surface area contributed by atoms with Gasteiger partial charge in [0, 0.05) is 19.4 Å². The van der Waals surface area contributed by atoms with E-state index in [0.29, 0.717) is 0 Å². The number of benzene rings is 1.